The molecule has 0 unspecified atom stereocenters. The second kappa shape index (κ2) is 5.73. The van der Waals surface area contributed by atoms with Gasteiger partial charge in [-0.15, -0.1) is 0 Å². The van der Waals surface area contributed by atoms with Gasteiger partial charge in [0.1, 0.15) is 0 Å². The van der Waals surface area contributed by atoms with Gasteiger partial charge in [-0.05, 0) is 30.4 Å². The van der Waals surface area contributed by atoms with Crippen LogP contribution in [-0.4, -0.2) is 35.6 Å². The van der Waals surface area contributed by atoms with Crippen molar-refractivity contribution in [1.29, 1.82) is 0 Å². The number of carbonyl (C=O) groups excluding carboxylic acids is 1. The Morgan fingerprint density at radius 1 is 1.33 bits per heavy atom. The molecule has 1 fully saturated rings. The Bertz CT molecular complexity index is 475. The van der Waals surface area contributed by atoms with Crippen molar-refractivity contribution in [3.05, 3.63) is 28.2 Å². The van der Waals surface area contributed by atoms with Gasteiger partial charge in [0.15, 0.2) is 5.11 Å². The van der Waals surface area contributed by atoms with Crippen molar-refractivity contribution in [2.24, 2.45) is 0 Å². The quantitative estimate of drug-likeness (QED) is 0.780. The monoisotopic (exact) mass is 303 g/mol. The van der Waals surface area contributed by atoms with Crippen LogP contribution in [-0.2, 0) is 4.79 Å². The Morgan fingerprint density at radius 2 is 2.00 bits per heavy atom. The minimum Gasteiger partial charge on any atom is -0.353 e. The number of piperazine rings is 1. The summed E-state index contributed by atoms with van der Waals surface area (Å²) in [5.41, 5.74) is 0.712. The molecule has 1 aromatic rings. The third kappa shape index (κ3) is 3.48. The van der Waals surface area contributed by atoms with Crippen LogP contribution >= 0.6 is 35.4 Å². The van der Waals surface area contributed by atoms with E-state index in [1.54, 1.807) is 23.1 Å². The topological polar surface area (TPSA) is 44.4 Å². The van der Waals surface area contributed by atoms with Crippen LogP contribution in [0.2, 0.25) is 10.0 Å². The standard InChI is InChI=1S/C11H11Cl2N3OS/c12-7-3-8(13)5-9(4-7)15-11(18)16-2-1-14-10(17)6-16/h3-5H,1-2,6H2,(H,14,17)(H,15,18). The number of hydrogen-bond acceptors (Lipinski definition) is 2. The van der Waals surface area contributed by atoms with E-state index in [1.807, 2.05) is 0 Å². The van der Waals surface area contributed by atoms with Gasteiger partial charge < -0.3 is 15.5 Å². The van der Waals surface area contributed by atoms with Crippen molar-refractivity contribution in [2.45, 2.75) is 0 Å². The number of halogens is 2. The number of nitrogens with one attached hydrogen (secondary N) is 2. The van der Waals surface area contributed by atoms with E-state index in [2.05, 4.69) is 10.6 Å². The van der Waals surface area contributed by atoms with E-state index >= 15 is 0 Å². The first-order chi connectivity index (χ1) is 8.54. The molecule has 1 heterocycles. The van der Waals surface area contributed by atoms with Crippen molar-refractivity contribution in [2.75, 3.05) is 25.0 Å². The fourth-order valence-electron chi connectivity index (χ4n) is 1.64. The Morgan fingerprint density at radius 3 is 2.61 bits per heavy atom. The molecular formula is C11H11Cl2N3OS. The van der Waals surface area contributed by atoms with E-state index in [4.69, 9.17) is 35.4 Å². The molecule has 0 radical (unpaired) electrons. The van der Waals surface area contributed by atoms with E-state index in [-0.39, 0.29) is 12.5 Å². The third-order valence-electron chi connectivity index (χ3n) is 2.44. The van der Waals surface area contributed by atoms with Gasteiger partial charge in [0.25, 0.3) is 0 Å². The maximum Gasteiger partial charge on any atom is 0.239 e. The lowest BCUT2D eigenvalue weighted by atomic mass is 10.3. The summed E-state index contributed by atoms with van der Waals surface area (Å²) in [6, 6.07) is 5.10. The van der Waals surface area contributed by atoms with Crippen LogP contribution < -0.4 is 10.6 Å². The first-order valence-corrected chi connectivity index (χ1v) is 6.50. The summed E-state index contributed by atoms with van der Waals surface area (Å²) in [5.74, 6) is -0.0328. The van der Waals surface area contributed by atoms with Gasteiger partial charge in [-0.2, -0.15) is 0 Å². The zero-order chi connectivity index (χ0) is 13.1. The van der Waals surface area contributed by atoms with Gasteiger partial charge in [-0.3, -0.25) is 4.79 Å². The van der Waals surface area contributed by atoms with Crippen LogP contribution in [0.3, 0.4) is 0 Å². The fourth-order valence-corrected chi connectivity index (χ4v) is 2.44. The van der Waals surface area contributed by atoms with Gasteiger partial charge in [0.05, 0.1) is 6.54 Å². The number of hydrogen-bond donors (Lipinski definition) is 2. The van der Waals surface area contributed by atoms with Gasteiger partial charge in [-0.25, -0.2) is 0 Å². The predicted octanol–water partition coefficient (Wildman–Crippen LogP) is 2.12. The highest BCUT2D eigenvalue weighted by Gasteiger charge is 2.18. The molecule has 0 aromatic heterocycles. The molecular weight excluding hydrogens is 293 g/mol. The zero-order valence-corrected chi connectivity index (χ0v) is 11.7. The van der Waals surface area contributed by atoms with E-state index in [9.17, 15) is 4.79 Å². The van der Waals surface area contributed by atoms with E-state index in [0.29, 0.717) is 33.9 Å². The predicted molar refractivity (Wildman–Crippen MR) is 77.3 cm³/mol. The molecule has 0 aliphatic carbocycles. The van der Waals surface area contributed by atoms with Crippen LogP contribution in [0.5, 0.6) is 0 Å². The van der Waals surface area contributed by atoms with Crippen molar-refractivity contribution >= 4 is 52.1 Å². The maximum absolute atomic E-state index is 11.3. The van der Waals surface area contributed by atoms with Crippen LogP contribution in [0.25, 0.3) is 0 Å². The molecule has 2 rings (SSSR count). The first-order valence-electron chi connectivity index (χ1n) is 5.33. The van der Waals surface area contributed by atoms with Crippen molar-refractivity contribution in [3.63, 3.8) is 0 Å². The molecule has 0 saturated carbocycles. The number of amides is 1. The number of carbonyl (C=O) groups is 1. The van der Waals surface area contributed by atoms with Gasteiger partial charge in [-0.1, -0.05) is 23.2 Å². The van der Waals surface area contributed by atoms with Crippen LogP contribution in [0, 0.1) is 0 Å². The summed E-state index contributed by atoms with van der Waals surface area (Å²) in [6.45, 7) is 1.54. The van der Waals surface area contributed by atoms with Crippen molar-refractivity contribution in [1.82, 2.24) is 10.2 Å². The summed E-state index contributed by atoms with van der Waals surface area (Å²) in [7, 11) is 0. The molecule has 0 spiro atoms. The lowest BCUT2D eigenvalue weighted by Crippen LogP contribution is -2.51. The van der Waals surface area contributed by atoms with Crippen LogP contribution in [0.4, 0.5) is 5.69 Å². The van der Waals surface area contributed by atoms with Crippen LogP contribution in [0.15, 0.2) is 18.2 Å². The van der Waals surface area contributed by atoms with Gasteiger partial charge in [0, 0.05) is 28.8 Å². The summed E-state index contributed by atoms with van der Waals surface area (Å²) in [6.07, 6.45) is 0. The average Bonchev–Trinajstić information content (AvgIpc) is 2.27. The zero-order valence-electron chi connectivity index (χ0n) is 9.37. The Kier molecular flexibility index (Phi) is 4.27. The van der Waals surface area contributed by atoms with Crippen molar-refractivity contribution < 1.29 is 4.79 Å². The molecule has 4 nitrogen and oxygen atoms in total. The summed E-state index contributed by atoms with van der Waals surface area (Å²) in [5, 5.41) is 7.31. The molecule has 18 heavy (non-hydrogen) atoms. The molecule has 2 N–H and O–H groups in total. The summed E-state index contributed by atoms with van der Waals surface area (Å²) >= 11 is 17.0. The molecule has 1 aromatic carbocycles. The second-order valence-electron chi connectivity index (χ2n) is 3.86. The SMILES string of the molecule is O=C1CN(C(=S)Nc2cc(Cl)cc(Cl)c2)CCN1. The van der Waals surface area contributed by atoms with Gasteiger partial charge in [0.2, 0.25) is 5.91 Å². The largest absolute Gasteiger partial charge is 0.353 e. The number of benzene rings is 1. The summed E-state index contributed by atoms with van der Waals surface area (Å²) in [4.78, 5) is 13.1. The summed E-state index contributed by atoms with van der Waals surface area (Å²) < 4.78 is 0. The molecule has 1 amide bonds. The number of thiocarbonyl (C=S) groups is 1. The Labute approximate surface area is 120 Å². The van der Waals surface area contributed by atoms with E-state index in [1.165, 1.54) is 0 Å². The lowest BCUT2D eigenvalue weighted by Gasteiger charge is -2.29. The van der Waals surface area contributed by atoms with Crippen LogP contribution in [0.1, 0.15) is 0 Å². The fraction of sp³-hybridized carbons (Fsp3) is 0.273. The Hall–Kier alpha value is -1.04. The molecule has 1 aliphatic heterocycles. The molecule has 7 heteroatoms. The Balaban J connectivity index is 2.04. The van der Waals surface area contributed by atoms with Crippen molar-refractivity contribution in [3.8, 4) is 0 Å². The third-order valence-corrected chi connectivity index (χ3v) is 3.24. The lowest BCUT2D eigenvalue weighted by molar-refractivity contribution is -0.122. The molecule has 1 aliphatic rings. The normalized spacial score (nSPS) is 15.2. The molecule has 0 atom stereocenters. The first kappa shape index (κ1) is 13.4. The number of nitrogens with zero attached hydrogens (tertiary/aromatic N) is 1. The highest BCUT2D eigenvalue weighted by molar-refractivity contribution is 7.80. The highest BCUT2D eigenvalue weighted by Crippen LogP contribution is 2.22. The van der Waals surface area contributed by atoms with Gasteiger partial charge >= 0.3 is 0 Å². The second-order valence-corrected chi connectivity index (χ2v) is 5.12. The van der Waals surface area contributed by atoms with E-state index < -0.39 is 0 Å². The highest BCUT2D eigenvalue weighted by atomic mass is 35.5. The molecule has 96 valence electrons. The minimum atomic E-state index is -0.0328. The average molecular weight is 304 g/mol. The molecule has 0 bridgehead atoms. The molecule has 1 saturated heterocycles. The number of rotatable bonds is 1. The maximum atomic E-state index is 11.3. The smallest absolute Gasteiger partial charge is 0.239 e. The number of anilines is 1. The minimum absolute atomic E-state index is 0.0328. The van der Waals surface area contributed by atoms with E-state index in [0.717, 1.165) is 0 Å².